The lowest BCUT2D eigenvalue weighted by atomic mass is 10.4. The van der Waals surface area contributed by atoms with Gasteiger partial charge in [0.15, 0.2) is 16.6 Å². The van der Waals surface area contributed by atoms with Gasteiger partial charge in [0.05, 0.1) is 18.8 Å². The van der Waals surface area contributed by atoms with Crippen LogP contribution in [0.1, 0.15) is 19.4 Å². The van der Waals surface area contributed by atoms with E-state index in [0.29, 0.717) is 11.6 Å². The summed E-state index contributed by atoms with van der Waals surface area (Å²) in [5, 5.41) is 8.39. The Morgan fingerprint density at radius 1 is 1.53 bits per heavy atom. The van der Waals surface area contributed by atoms with Crippen LogP contribution >= 0.6 is 11.5 Å². The number of nitrogens with two attached hydrogens (primary N) is 1. The molecule has 7 heteroatoms. The zero-order valence-corrected chi connectivity index (χ0v) is 12.2. The SMILES string of the molecule is Cc1cnn(CCNc2snc(N)c2OC(C)C)c1. The fraction of sp³-hybridized carbons (Fsp3) is 0.500. The lowest BCUT2D eigenvalue weighted by molar-refractivity contribution is 0.245. The van der Waals surface area contributed by atoms with Crippen LogP contribution in [0, 0.1) is 6.92 Å². The van der Waals surface area contributed by atoms with Crippen molar-refractivity contribution in [2.24, 2.45) is 0 Å². The molecule has 0 spiro atoms. The first-order valence-electron chi connectivity index (χ1n) is 6.21. The maximum atomic E-state index is 5.79. The Bertz CT molecular complexity index is 534. The summed E-state index contributed by atoms with van der Waals surface area (Å²) in [5.41, 5.74) is 6.95. The number of hydrogen-bond acceptors (Lipinski definition) is 6. The molecule has 2 aromatic heterocycles. The Balaban J connectivity index is 1.92. The quantitative estimate of drug-likeness (QED) is 0.848. The number of anilines is 2. The van der Waals surface area contributed by atoms with Gasteiger partial charge in [-0.1, -0.05) is 0 Å². The number of ether oxygens (including phenoxy) is 1. The van der Waals surface area contributed by atoms with E-state index in [2.05, 4.69) is 14.8 Å². The number of nitrogens with one attached hydrogen (secondary N) is 1. The summed E-state index contributed by atoms with van der Waals surface area (Å²) < 4.78 is 11.7. The van der Waals surface area contributed by atoms with Gasteiger partial charge in [0.1, 0.15) is 0 Å². The van der Waals surface area contributed by atoms with Gasteiger partial charge in [-0.15, -0.1) is 0 Å². The summed E-state index contributed by atoms with van der Waals surface area (Å²) in [5.74, 6) is 1.09. The Labute approximate surface area is 116 Å². The summed E-state index contributed by atoms with van der Waals surface area (Å²) in [7, 11) is 0. The van der Waals surface area contributed by atoms with Gasteiger partial charge in [-0.2, -0.15) is 9.47 Å². The second kappa shape index (κ2) is 5.92. The second-order valence-corrected chi connectivity index (χ2v) is 5.37. The van der Waals surface area contributed by atoms with Gasteiger partial charge in [0, 0.05) is 12.7 Å². The fourth-order valence-corrected chi connectivity index (χ4v) is 2.30. The Morgan fingerprint density at radius 3 is 2.95 bits per heavy atom. The van der Waals surface area contributed by atoms with Crippen LogP contribution in [-0.2, 0) is 6.54 Å². The first kappa shape index (κ1) is 13.7. The zero-order chi connectivity index (χ0) is 13.8. The van der Waals surface area contributed by atoms with E-state index in [1.165, 1.54) is 11.5 Å². The van der Waals surface area contributed by atoms with Crippen LogP contribution in [-0.4, -0.2) is 26.8 Å². The van der Waals surface area contributed by atoms with Crippen LogP contribution in [0.15, 0.2) is 12.4 Å². The minimum Gasteiger partial charge on any atom is -0.484 e. The Morgan fingerprint density at radius 2 is 2.32 bits per heavy atom. The van der Waals surface area contributed by atoms with E-state index < -0.39 is 0 Å². The molecule has 0 fully saturated rings. The molecule has 6 nitrogen and oxygen atoms in total. The van der Waals surface area contributed by atoms with E-state index in [0.717, 1.165) is 23.7 Å². The van der Waals surface area contributed by atoms with E-state index >= 15 is 0 Å². The molecule has 0 saturated heterocycles. The maximum absolute atomic E-state index is 5.79. The lowest BCUT2D eigenvalue weighted by Gasteiger charge is -2.11. The highest BCUT2D eigenvalue weighted by Gasteiger charge is 2.13. The number of aryl methyl sites for hydroxylation is 1. The van der Waals surface area contributed by atoms with Gasteiger partial charge in [-0.25, -0.2) is 0 Å². The first-order valence-corrected chi connectivity index (χ1v) is 6.98. The smallest absolute Gasteiger partial charge is 0.197 e. The van der Waals surface area contributed by atoms with E-state index in [-0.39, 0.29) is 6.10 Å². The third-order valence-corrected chi connectivity index (χ3v) is 3.22. The largest absolute Gasteiger partial charge is 0.484 e. The fourth-order valence-electron chi connectivity index (χ4n) is 1.63. The number of hydrogen-bond donors (Lipinski definition) is 2. The van der Waals surface area contributed by atoms with Crippen molar-refractivity contribution < 1.29 is 4.74 Å². The molecule has 0 saturated carbocycles. The average molecular weight is 281 g/mol. The molecule has 0 unspecified atom stereocenters. The van der Waals surface area contributed by atoms with Crippen molar-refractivity contribution in [2.45, 2.75) is 33.4 Å². The molecular formula is C12H19N5OS. The molecule has 0 atom stereocenters. The molecule has 0 aliphatic heterocycles. The third-order valence-electron chi connectivity index (χ3n) is 2.42. The zero-order valence-electron chi connectivity index (χ0n) is 11.4. The van der Waals surface area contributed by atoms with Crippen LogP contribution in [0.5, 0.6) is 5.75 Å². The predicted molar refractivity (Wildman–Crippen MR) is 77.7 cm³/mol. The molecule has 0 bridgehead atoms. The van der Waals surface area contributed by atoms with Crippen LogP contribution in [0.2, 0.25) is 0 Å². The van der Waals surface area contributed by atoms with Gasteiger partial charge in [0.2, 0.25) is 0 Å². The van der Waals surface area contributed by atoms with Crippen molar-refractivity contribution >= 4 is 22.4 Å². The van der Waals surface area contributed by atoms with Gasteiger partial charge in [-0.05, 0) is 37.9 Å². The minimum absolute atomic E-state index is 0.0769. The van der Waals surface area contributed by atoms with Gasteiger partial charge in [0.25, 0.3) is 0 Å². The molecule has 2 heterocycles. The number of aromatic nitrogens is 3. The molecule has 2 rings (SSSR count). The van der Waals surface area contributed by atoms with Crippen LogP contribution < -0.4 is 15.8 Å². The van der Waals surface area contributed by atoms with E-state index in [1.807, 2.05) is 37.8 Å². The highest BCUT2D eigenvalue weighted by molar-refractivity contribution is 7.11. The van der Waals surface area contributed by atoms with Gasteiger partial charge in [-0.3, -0.25) is 4.68 Å². The van der Waals surface area contributed by atoms with Crippen LogP contribution in [0.4, 0.5) is 10.8 Å². The van der Waals surface area contributed by atoms with Crippen molar-refractivity contribution in [3.8, 4) is 5.75 Å². The maximum Gasteiger partial charge on any atom is 0.197 e. The van der Waals surface area contributed by atoms with Crippen LogP contribution in [0.25, 0.3) is 0 Å². The monoisotopic (exact) mass is 281 g/mol. The standard InChI is InChI=1S/C12H19N5OS/c1-8(2)18-10-11(13)16-19-12(10)14-4-5-17-7-9(3)6-15-17/h6-8,14H,4-5H2,1-3H3,(H2,13,16). The van der Waals surface area contributed by atoms with Crippen molar-refractivity contribution in [3.05, 3.63) is 18.0 Å². The summed E-state index contributed by atoms with van der Waals surface area (Å²) in [6.45, 7) is 7.49. The normalized spacial score (nSPS) is 10.9. The van der Waals surface area contributed by atoms with Crippen molar-refractivity contribution in [2.75, 3.05) is 17.6 Å². The molecule has 0 aliphatic carbocycles. The highest BCUT2D eigenvalue weighted by atomic mass is 32.1. The first-order chi connectivity index (χ1) is 9.06. The van der Waals surface area contributed by atoms with Crippen molar-refractivity contribution in [1.29, 1.82) is 0 Å². The second-order valence-electron chi connectivity index (χ2n) is 4.60. The number of nitrogens with zero attached hydrogens (tertiary/aromatic N) is 3. The minimum atomic E-state index is 0.0769. The van der Waals surface area contributed by atoms with E-state index in [9.17, 15) is 0 Å². The van der Waals surface area contributed by atoms with Crippen molar-refractivity contribution in [3.63, 3.8) is 0 Å². The van der Waals surface area contributed by atoms with Crippen LogP contribution in [0.3, 0.4) is 0 Å². The molecule has 0 aromatic carbocycles. The third kappa shape index (κ3) is 3.60. The number of nitrogen functional groups attached to an aromatic ring is 1. The molecule has 19 heavy (non-hydrogen) atoms. The molecule has 3 N–H and O–H groups in total. The summed E-state index contributed by atoms with van der Waals surface area (Å²) in [6.07, 6.45) is 3.93. The van der Waals surface area contributed by atoms with E-state index in [1.54, 1.807) is 0 Å². The van der Waals surface area contributed by atoms with Gasteiger partial charge < -0.3 is 15.8 Å². The predicted octanol–water partition coefficient (Wildman–Crippen LogP) is 2.13. The number of rotatable bonds is 6. The summed E-state index contributed by atoms with van der Waals surface area (Å²) in [6, 6.07) is 0. The average Bonchev–Trinajstić information content (AvgIpc) is 2.89. The summed E-state index contributed by atoms with van der Waals surface area (Å²) in [4.78, 5) is 0. The molecule has 0 amide bonds. The molecule has 104 valence electrons. The summed E-state index contributed by atoms with van der Waals surface area (Å²) >= 11 is 1.32. The van der Waals surface area contributed by atoms with E-state index in [4.69, 9.17) is 10.5 Å². The highest BCUT2D eigenvalue weighted by Crippen LogP contribution is 2.35. The molecule has 2 aromatic rings. The molecule has 0 radical (unpaired) electrons. The molecular weight excluding hydrogens is 262 g/mol. The Hall–Kier alpha value is -1.76. The lowest BCUT2D eigenvalue weighted by Crippen LogP contribution is -2.12. The topological polar surface area (TPSA) is 78.0 Å². The van der Waals surface area contributed by atoms with Gasteiger partial charge >= 0.3 is 0 Å². The molecule has 0 aliphatic rings. The van der Waals surface area contributed by atoms with Crippen molar-refractivity contribution in [1.82, 2.24) is 14.2 Å². The Kier molecular flexibility index (Phi) is 4.26.